The van der Waals surface area contributed by atoms with Crippen LogP contribution in [0.15, 0.2) is 59.6 Å². The Morgan fingerprint density at radius 1 is 1.16 bits per heavy atom. The zero-order valence-corrected chi connectivity index (χ0v) is 17.0. The number of rotatable bonds is 4. The fourth-order valence-electron chi connectivity index (χ4n) is 3.37. The normalized spacial score (nSPS) is 12.4. The molecule has 0 saturated heterocycles. The van der Waals surface area contributed by atoms with Gasteiger partial charge in [-0.3, -0.25) is 9.67 Å². The number of fused-ring (bicyclic) bond motifs is 1. The molecule has 4 heterocycles. The molecule has 0 aliphatic carbocycles. The van der Waals surface area contributed by atoms with Crippen LogP contribution < -0.4 is 5.73 Å². The number of nitrogen functional groups attached to an aromatic ring is 1. The third kappa shape index (κ3) is 3.39. The van der Waals surface area contributed by atoms with Gasteiger partial charge in [0.15, 0.2) is 0 Å². The lowest BCUT2D eigenvalue weighted by molar-refractivity contribution is 0.204. The standard InChI is InChI=1S/C21H16ClN7O2/c1-29-7-4-14(27-29)18-17(12-9-11-3-2-6-24-16(11)13(22)10-12)25-19(21(23)26-18)20(30)15-5-8-31-28-15/h2-10,20,30H,1H3,(H2,23,26). The fraction of sp³-hybridized carbons (Fsp3) is 0.0952. The third-order valence-electron chi connectivity index (χ3n) is 4.84. The van der Waals surface area contributed by atoms with Crippen LogP contribution in [0.3, 0.4) is 0 Å². The molecule has 1 atom stereocenters. The summed E-state index contributed by atoms with van der Waals surface area (Å²) in [4.78, 5) is 13.6. The van der Waals surface area contributed by atoms with E-state index in [2.05, 4.69) is 25.2 Å². The van der Waals surface area contributed by atoms with Gasteiger partial charge in [0.25, 0.3) is 0 Å². The molecule has 0 fully saturated rings. The highest BCUT2D eigenvalue weighted by molar-refractivity contribution is 6.35. The van der Waals surface area contributed by atoms with Gasteiger partial charge in [0.2, 0.25) is 0 Å². The van der Waals surface area contributed by atoms with Gasteiger partial charge in [0.1, 0.15) is 41.0 Å². The lowest BCUT2D eigenvalue weighted by Crippen LogP contribution is -2.11. The molecule has 1 aromatic carbocycles. The van der Waals surface area contributed by atoms with Crippen molar-refractivity contribution in [3.8, 4) is 22.6 Å². The summed E-state index contributed by atoms with van der Waals surface area (Å²) in [6.07, 6.45) is 3.64. The molecule has 0 bridgehead atoms. The maximum Gasteiger partial charge on any atom is 0.149 e. The SMILES string of the molecule is Cn1ccc(-c2nc(N)c(C(O)c3ccon3)nc2-c2cc(Cl)c3ncccc3c2)n1. The number of hydrogen-bond donors (Lipinski definition) is 2. The first kappa shape index (κ1) is 19.2. The molecule has 0 saturated carbocycles. The number of aryl methyl sites for hydroxylation is 1. The molecule has 0 radical (unpaired) electrons. The number of hydrogen-bond acceptors (Lipinski definition) is 8. The van der Waals surface area contributed by atoms with E-state index in [9.17, 15) is 5.11 Å². The van der Waals surface area contributed by atoms with E-state index >= 15 is 0 Å². The average Bonchev–Trinajstić information content (AvgIpc) is 3.45. The zero-order valence-electron chi connectivity index (χ0n) is 16.3. The second-order valence-corrected chi connectivity index (χ2v) is 7.33. The van der Waals surface area contributed by atoms with Crippen LogP contribution in [0.4, 0.5) is 5.82 Å². The number of nitrogens with two attached hydrogens (primary N) is 1. The van der Waals surface area contributed by atoms with Gasteiger partial charge >= 0.3 is 0 Å². The summed E-state index contributed by atoms with van der Waals surface area (Å²) >= 11 is 6.50. The second kappa shape index (κ2) is 7.46. The minimum absolute atomic E-state index is 0.0634. The van der Waals surface area contributed by atoms with Crippen LogP contribution in [0.5, 0.6) is 0 Å². The molecule has 3 N–H and O–H groups in total. The van der Waals surface area contributed by atoms with Gasteiger partial charge in [-0.25, -0.2) is 9.97 Å². The van der Waals surface area contributed by atoms with Crippen molar-refractivity contribution in [2.75, 3.05) is 5.73 Å². The molecule has 0 spiro atoms. The van der Waals surface area contributed by atoms with E-state index in [1.54, 1.807) is 30.2 Å². The van der Waals surface area contributed by atoms with Crippen LogP contribution in [-0.4, -0.2) is 35.0 Å². The maximum atomic E-state index is 10.8. The van der Waals surface area contributed by atoms with E-state index in [0.29, 0.717) is 33.2 Å². The number of aromatic nitrogens is 6. The van der Waals surface area contributed by atoms with E-state index in [1.807, 2.05) is 24.3 Å². The Hall–Kier alpha value is -3.82. The molecule has 0 amide bonds. The molecular weight excluding hydrogens is 418 g/mol. The Balaban J connectivity index is 1.76. The number of benzene rings is 1. The quantitative estimate of drug-likeness (QED) is 0.441. The lowest BCUT2D eigenvalue weighted by atomic mass is 10.0. The van der Waals surface area contributed by atoms with Crippen LogP contribution in [0, 0.1) is 0 Å². The van der Waals surface area contributed by atoms with Gasteiger partial charge in [-0.15, -0.1) is 0 Å². The average molecular weight is 434 g/mol. The second-order valence-electron chi connectivity index (χ2n) is 6.93. The maximum absolute atomic E-state index is 10.8. The van der Waals surface area contributed by atoms with E-state index < -0.39 is 6.10 Å². The summed E-state index contributed by atoms with van der Waals surface area (Å²) < 4.78 is 6.49. The van der Waals surface area contributed by atoms with E-state index in [1.165, 1.54) is 12.3 Å². The minimum Gasteiger partial charge on any atom is -0.382 e. The van der Waals surface area contributed by atoms with Crippen molar-refractivity contribution in [2.24, 2.45) is 7.05 Å². The molecule has 9 nitrogen and oxygen atoms in total. The van der Waals surface area contributed by atoms with Crippen molar-refractivity contribution in [3.63, 3.8) is 0 Å². The Morgan fingerprint density at radius 3 is 2.77 bits per heavy atom. The van der Waals surface area contributed by atoms with Gasteiger partial charge in [-0.2, -0.15) is 5.10 Å². The lowest BCUT2D eigenvalue weighted by Gasteiger charge is -2.15. The first-order valence-corrected chi connectivity index (χ1v) is 9.69. The summed E-state index contributed by atoms with van der Waals surface area (Å²) in [6.45, 7) is 0. The number of nitrogens with zero attached hydrogens (tertiary/aromatic N) is 6. The van der Waals surface area contributed by atoms with Crippen molar-refractivity contribution in [1.29, 1.82) is 0 Å². The highest BCUT2D eigenvalue weighted by Crippen LogP contribution is 2.36. The minimum atomic E-state index is -1.21. The van der Waals surface area contributed by atoms with E-state index in [4.69, 9.17) is 21.9 Å². The van der Waals surface area contributed by atoms with Gasteiger partial charge in [0.05, 0.1) is 16.2 Å². The topological polar surface area (TPSA) is 129 Å². The largest absolute Gasteiger partial charge is 0.382 e. The molecule has 0 aliphatic heterocycles. The summed E-state index contributed by atoms with van der Waals surface area (Å²) in [5.74, 6) is 0.0634. The van der Waals surface area contributed by atoms with Crippen LogP contribution in [0.1, 0.15) is 17.5 Å². The van der Waals surface area contributed by atoms with E-state index in [-0.39, 0.29) is 17.2 Å². The molecule has 1 unspecified atom stereocenters. The van der Waals surface area contributed by atoms with Crippen LogP contribution >= 0.6 is 11.6 Å². The Labute approximate surface area is 181 Å². The molecule has 0 aliphatic rings. The molecule has 4 aromatic heterocycles. The fourth-order valence-corrected chi connectivity index (χ4v) is 3.65. The molecule has 10 heteroatoms. The monoisotopic (exact) mass is 433 g/mol. The Morgan fingerprint density at radius 2 is 2.03 bits per heavy atom. The van der Waals surface area contributed by atoms with Crippen molar-refractivity contribution < 1.29 is 9.63 Å². The van der Waals surface area contributed by atoms with Crippen LogP contribution in [-0.2, 0) is 7.05 Å². The number of aliphatic hydroxyl groups excluding tert-OH is 1. The Kier molecular flexibility index (Phi) is 4.61. The van der Waals surface area contributed by atoms with Crippen molar-refractivity contribution >= 4 is 28.3 Å². The van der Waals surface area contributed by atoms with Crippen molar-refractivity contribution in [3.05, 3.63) is 71.5 Å². The molecule has 154 valence electrons. The molecule has 5 aromatic rings. The number of halogens is 1. The first-order chi connectivity index (χ1) is 15.0. The van der Waals surface area contributed by atoms with Gasteiger partial charge < -0.3 is 15.4 Å². The zero-order chi connectivity index (χ0) is 21.5. The van der Waals surface area contributed by atoms with E-state index in [0.717, 1.165) is 5.39 Å². The smallest absolute Gasteiger partial charge is 0.149 e. The third-order valence-corrected chi connectivity index (χ3v) is 5.12. The van der Waals surface area contributed by atoms with Crippen LogP contribution in [0.25, 0.3) is 33.5 Å². The number of anilines is 1. The first-order valence-electron chi connectivity index (χ1n) is 9.31. The number of pyridine rings is 1. The van der Waals surface area contributed by atoms with Gasteiger partial charge in [-0.05, 0) is 24.3 Å². The van der Waals surface area contributed by atoms with Gasteiger partial charge in [0, 0.05) is 36.5 Å². The molecular formula is C21H16ClN7O2. The van der Waals surface area contributed by atoms with Crippen molar-refractivity contribution in [2.45, 2.75) is 6.10 Å². The van der Waals surface area contributed by atoms with Crippen LogP contribution in [0.2, 0.25) is 5.02 Å². The highest BCUT2D eigenvalue weighted by atomic mass is 35.5. The predicted octanol–water partition coefficient (Wildman–Crippen LogP) is 3.40. The van der Waals surface area contributed by atoms with Gasteiger partial charge in [-0.1, -0.05) is 22.8 Å². The Bertz CT molecular complexity index is 1400. The summed E-state index contributed by atoms with van der Waals surface area (Å²) in [5.41, 5.74) is 9.50. The summed E-state index contributed by atoms with van der Waals surface area (Å²) in [7, 11) is 1.81. The molecule has 31 heavy (non-hydrogen) atoms. The predicted molar refractivity (Wildman–Crippen MR) is 115 cm³/mol. The highest BCUT2D eigenvalue weighted by Gasteiger charge is 2.24. The summed E-state index contributed by atoms with van der Waals surface area (Å²) in [6, 6.07) is 10.8. The summed E-state index contributed by atoms with van der Waals surface area (Å²) in [5, 5.41) is 20.3. The van der Waals surface area contributed by atoms with Crippen molar-refractivity contribution in [1.82, 2.24) is 29.9 Å². The number of aliphatic hydroxyl groups is 1. The molecule has 5 rings (SSSR count).